The summed E-state index contributed by atoms with van der Waals surface area (Å²) < 4.78 is 0. The molecule has 0 aliphatic rings. The minimum Gasteiger partial charge on any atom is -0.366 e. The maximum Gasteiger partial charge on any atom is 0.251 e. The topological polar surface area (TPSA) is 101 Å². The number of nitrogens with two attached hydrogens (primary N) is 1. The van der Waals surface area contributed by atoms with Crippen molar-refractivity contribution in [3.8, 4) is 0 Å². The lowest BCUT2D eigenvalue weighted by Crippen LogP contribution is -2.42. The highest BCUT2D eigenvalue weighted by Gasteiger charge is 2.21. The van der Waals surface area contributed by atoms with Gasteiger partial charge >= 0.3 is 0 Å². The van der Waals surface area contributed by atoms with E-state index in [1.54, 1.807) is 0 Å². The summed E-state index contributed by atoms with van der Waals surface area (Å²) in [6.45, 7) is 11.1. The van der Waals surface area contributed by atoms with Gasteiger partial charge in [-0.2, -0.15) is 0 Å². The average Bonchev–Trinajstić information content (AvgIpc) is 2.34. The standard InChI is InChI=1S/C17H25N3O3/c1-16(2,3)19-14(22)11-7-10(13(18)21)8-12(9-11)15(23)20-17(4,5)6/h7-9H,1-6H3,(H2,18,21)(H,19,22)(H,20,23). The van der Waals surface area contributed by atoms with Crippen LogP contribution in [0.2, 0.25) is 0 Å². The first-order valence-corrected chi connectivity index (χ1v) is 7.38. The molecule has 0 saturated carbocycles. The summed E-state index contributed by atoms with van der Waals surface area (Å²) in [6.07, 6.45) is 0. The molecule has 4 N–H and O–H groups in total. The molecule has 1 aromatic carbocycles. The fourth-order valence-corrected chi connectivity index (χ4v) is 1.86. The highest BCUT2D eigenvalue weighted by Crippen LogP contribution is 2.13. The molecule has 3 amide bonds. The Morgan fingerprint density at radius 3 is 1.30 bits per heavy atom. The second-order valence-electron chi connectivity index (χ2n) is 7.57. The number of benzene rings is 1. The van der Waals surface area contributed by atoms with Gasteiger partial charge in [0, 0.05) is 27.8 Å². The lowest BCUT2D eigenvalue weighted by molar-refractivity contribution is 0.0918. The Balaban J connectivity index is 3.25. The largest absolute Gasteiger partial charge is 0.366 e. The van der Waals surface area contributed by atoms with Crippen LogP contribution in [-0.4, -0.2) is 28.8 Å². The van der Waals surface area contributed by atoms with E-state index < -0.39 is 17.0 Å². The summed E-state index contributed by atoms with van der Waals surface area (Å²) in [5, 5.41) is 5.59. The number of carbonyl (C=O) groups excluding carboxylic acids is 3. The number of hydrogen-bond acceptors (Lipinski definition) is 3. The first-order valence-electron chi connectivity index (χ1n) is 7.38. The van der Waals surface area contributed by atoms with Gasteiger partial charge in [0.1, 0.15) is 0 Å². The summed E-state index contributed by atoms with van der Waals surface area (Å²) in [5.41, 5.74) is 4.98. The third kappa shape index (κ3) is 6.10. The van der Waals surface area contributed by atoms with Crippen molar-refractivity contribution < 1.29 is 14.4 Å². The lowest BCUT2D eigenvalue weighted by atomic mass is 10.0. The predicted octanol–water partition coefficient (Wildman–Crippen LogP) is 1.84. The highest BCUT2D eigenvalue weighted by molar-refractivity contribution is 6.04. The first kappa shape index (κ1) is 18.7. The van der Waals surface area contributed by atoms with Crippen molar-refractivity contribution in [1.29, 1.82) is 0 Å². The van der Waals surface area contributed by atoms with Crippen LogP contribution >= 0.6 is 0 Å². The Kier molecular flexibility index (Phi) is 5.20. The minimum atomic E-state index is -0.694. The number of amides is 3. The van der Waals surface area contributed by atoms with Gasteiger partial charge in [0.25, 0.3) is 11.8 Å². The van der Waals surface area contributed by atoms with Gasteiger partial charge in [0.2, 0.25) is 5.91 Å². The molecular weight excluding hydrogens is 294 g/mol. The predicted molar refractivity (Wildman–Crippen MR) is 89.4 cm³/mol. The summed E-state index contributed by atoms with van der Waals surface area (Å²) >= 11 is 0. The second kappa shape index (κ2) is 6.40. The third-order valence-electron chi connectivity index (χ3n) is 2.72. The van der Waals surface area contributed by atoms with Crippen LogP contribution in [0.15, 0.2) is 18.2 Å². The van der Waals surface area contributed by atoms with Gasteiger partial charge in [0.05, 0.1) is 0 Å². The molecule has 0 aromatic heterocycles. The molecule has 0 bridgehead atoms. The Morgan fingerprint density at radius 1 is 0.739 bits per heavy atom. The Hall–Kier alpha value is -2.37. The molecule has 0 heterocycles. The number of hydrogen-bond donors (Lipinski definition) is 3. The number of carbonyl (C=O) groups is 3. The number of rotatable bonds is 3. The molecule has 0 aliphatic heterocycles. The lowest BCUT2D eigenvalue weighted by Gasteiger charge is -2.22. The fraction of sp³-hybridized carbons (Fsp3) is 0.471. The molecule has 1 rings (SSSR count). The zero-order valence-corrected chi connectivity index (χ0v) is 14.5. The van der Waals surface area contributed by atoms with Gasteiger partial charge in [-0.05, 0) is 59.7 Å². The van der Waals surface area contributed by atoms with Crippen LogP contribution < -0.4 is 16.4 Å². The van der Waals surface area contributed by atoms with Crippen LogP contribution in [0.4, 0.5) is 0 Å². The SMILES string of the molecule is CC(C)(C)NC(=O)c1cc(C(N)=O)cc(C(=O)NC(C)(C)C)c1. The Morgan fingerprint density at radius 2 is 1.04 bits per heavy atom. The van der Waals surface area contributed by atoms with E-state index in [2.05, 4.69) is 10.6 Å². The molecule has 0 unspecified atom stereocenters. The van der Waals surface area contributed by atoms with Gasteiger partial charge in [-0.3, -0.25) is 14.4 Å². The molecule has 0 atom stereocenters. The second-order valence-corrected chi connectivity index (χ2v) is 7.57. The van der Waals surface area contributed by atoms with Crippen molar-refractivity contribution in [3.63, 3.8) is 0 Å². The summed E-state index contributed by atoms with van der Waals surface area (Å²) in [6, 6.07) is 4.23. The van der Waals surface area contributed by atoms with Crippen LogP contribution in [0.5, 0.6) is 0 Å². The zero-order chi connectivity index (χ0) is 18.0. The van der Waals surface area contributed by atoms with E-state index in [1.165, 1.54) is 18.2 Å². The Bertz CT molecular complexity index is 591. The van der Waals surface area contributed by atoms with Crippen molar-refractivity contribution >= 4 is 17.7 Å². The van der Waals surface area contributed by atoms with Gasteiger partial charge in [-0.1, -0.05) is 0 Å². The van der Waals surface area contributed by atoms with Gasteiger partial charge in [-0.15, -0.1) is 0 Å². The molecule has 23 heavy (non-hydrogen) atoms. The average molecular weight is 319 g/mol. The van der Waals surface area contributed by atoms with Gasteiger partial charge < -0.3 is 16.4 Å². The molecule has 0 aliphatic carbocycles. The molecule has 6 nitrogen and oxygen atoms in total. The Labute approximate surface area is 136 Å². The van der Waals surface area contributed by atoms with Gasteiger partial charge in [-0.25, -0.2) is 0 Å². The van der Waals surface area contributed by atoms with Crippen molar-refractivity contribution in [2.24, 2.45) is 5.73 Å². The smallest absolute Gasteiger partial charge is 0.251 e. The quantitative estimate of drug-likeness (QED) is 0.792. The summed E-state index contributed by atoms with van der Waals surface area (Å²) in [7, 11) is 0. The summed E-state index contributed by atoms with van der Waals surface area (Å²) in [5.74, 6) is -1.43. The van der Waals surface area contributed by atoms with E-state index in [0.29, 0.717) is 0 Å². The van der Waals surface area contributed by atoms with Crippen LogP contribution in [0.1, 0.15) is 72.6 Å². The van der Waals surface area contributed by atoms with Crippen LogP contribution in [-0.2, 0) is 0 Å². The number of nitrogens with one attached hydrogen (secondary N) is 2. The molecule has 126 valence electrons. The molecule has 0 radical (unpaired) electrons. The third-order valence-corrected chi connectivity index (χ3v) is 2.72. The number of primary amides is 1. The highest BCUT2D eigenvalue weighted by atomic mass is 16.2. The molecule has 1 aromatic rings. The maximum atomic E-state index is 12.3. The first-order chi connectivity index (χ1) is 10.3. The molecule has 0 saturated heterocycles. The van der Waals surface area contributed by atoms with E-state index in [9.17, 15) is 14.4 Å². The van der Waals surface area contributed by atoms with Crippen LogP contribution in [0, 0.1) is 0 Å². The van der Waals surface area contributed by atoms with Crippen molar-refractivity contribution in [3.05, 3.63) is 34.9 Å². The van der Waals surface area contributed by atoms with E-state index in [-0.39, 0.29) is 28.5 Å². The van der Waals surface area contributed by atoms with Crippen LogP contribution in [0.25, 0.3) is 0 Å². The van der Waals surface area contributed by atoms with Crippen molar-refractivity contribution in [2.75, 3.05) is 0 Å². The molecule has 0 fully saturated rings. The summed E-state index contributed by atoms with van der Waals surface area (Å²) in [4.78, 5) is 36.1. The van der Waals surface area contributed by atoms with Crippen LogP contribution in [0.3, 0.4) is 0 Å². The maximum absolute atomic E-state index is 12.3. The minimum absolute atomic E-state index is 0.116. The zero-order valence-electron chi connectivity index (χ0n) is 14.5. The van der Waals surface area contributed by atoms with E-state index in [0.717, 1.165) is 0 Å². The van der Waals surface area contributed by atoms with Gasteiger partial charge in [0.15, 0.2) is 0 Å². The molecular formula is C17H25N3O3. The fourth-order valence-electron chi connectivity index (χ4n) is 1.86. The molecule has 6 heteroatoms. The van der Waals surface area contributed by atoms with E-state index in [1.807, 2.05) is 41.5 Å². The monoisotopic (exact) mass is 319 g/mol. The van der Waals surface area contributed by atoms with E-state index >= 15 is 0 Å². The van der Waals surface area contributed by atoms with E-state index in [4.69, 9.17) is 5.73 Å². The molecule has 0 spiro atoms. The normalized spacial score (nSPS) is 11.7. The van der Waals surface area contributed by atoms with Crippen molar-refractivity contribution in [2.45, 2.75) is 52.6 Å². The van der Waals surface area contributed by atoms with Crippen molar-refractivity contribution in [1.82, 2.24) is 10.6 Å².